The molecule has 0 aliphatic rings. The van der Waals surface area contributed by atoms with Crippen molar-refractivity contribution in [1.29, 1.82) is 0 Å². The van der Waals surface area contributed by atoms with Gasteiger partial charge in [0.25, 0.3) is 0 Å². The van der Waals surface area contributed by atoms with Crippen molar-refractivity contribution >= 4 is 27.3 Å². The van der Waals surface area contributed by atoms with Gasteiger partial charge in [0.15, 0.2) is 0 Å². The van der Waals surface area contributed by atoms with E-state index in [1.807, 2.05) is 24.3 Å². The van der Waals surface area contributed by atoms with Crippen LogP contribution in [0.15, 0.2) is 34.1 Å². The Bertz CT molecular complexity index is 427. The van der Waals surface area contributed by atoms with Crippen LogP contribution in [-0.4, -0.2) is 10.1 Å². The van der Waals surface area contributed by atoms with Gasteiger partial charge in [0.2, 0.25) is 5.88 Å². The van der Waals surface area contributed by atoms with Gasteiger partial charge in [-0.15, -0.1) is 11.3 Å². The molecule has 66 valence electrons. The van der Waals surface area contributed by atoms with Crippen LogP contribution in [0.3, 0.4) is 0 Å². The zero-order chi connectivity index (χ0) is 9.26. The number of nitrogens with zero attached hydrogens (tertiary/aromatic N) is 1. The van der Waals surface area contributed by atoms with Gasteiger partial charge < -0.3 is 5.11 Å². The summed E-state index contributed by atoms with van der Waals surface area (Å²) in [5.41, 5.74) is 1.01. The highest BCUT2D eigenvalue weighted by Gasteiger charge is 2.02. The number of hydrogen-bond acceptors (Lipinski definition) is 3. The smallest absolute Gasteiger partial charge is 0.222 e. The predicted molar refractivity (Wildman–Crippen MR) is 56.9 cm³/mol. The molecule has 1 heterocycles. The van der Waals surface area contributed by atoms with Gasteiger partial charge >= 0.3 is 0 Å². The Morgan fingerprint density at radius 2 is 2.23 bits per heavy atom. The molecule has 1 aromatic carbocycles. The minimum atomic E-state index is 0.0833. The molecule has 0 fully saturated rings. The number of benzene rings is 1. The Balaban J connectivity index is 2.46. The van der Waals surface area contributed by atoms with Crippen LogP contribution in [0.4, 0.5) is 0 Å². The molecule has 0 spiro atoms. The third-order valence-corrected chi connectivity index (χ3v) is 2.94. The van der Waals surface area contributed by atoms with E-state index >= 15 is 0 Å². The summed E-state index contributed by atoms with van der Waals surface area (Å²) in [7, 11) is 0. The largest absolute Gasteiger partial charge is 0.493 e. The van der Waals surface area contributed by atoms with E-state index in [2.05, 4.69) is 20.9 Å². The van der Waals surface area contributed by atoms with Crippen LogP contribution in [0.2, 0.25) is 0 Å². The molecule has 2 nitrogen and oxygen atoms in total. The number of aromatic hydroxyl groups is 1. The molecule has 0 bridgehead atoms. The quantitative estimate of drug-likeness (QED) is 0.849. The van der Waals surface area contributed by atoms with Gasteiger partial charge in [0.05, 0.1) is 5.38 Å². The Morgan fingerprint density at radius 3 is 2.85 bits per heavy atom. The third kappa shape index (κ3) is 1.89. The first kappa shape index (κ1) is 8.72. The summed E-state index contributed by atoms with van der Waals surface area (Å²) >= 11 is 4.81. The predicted octanol–water partition coefficient (Wildman–Crippen LogP) is 3.28. The second-order valence-electron chi connectivity index (χ2n) is 2.52. The van der Waals surface area contributed by atoms with Crippen molar-refractivity contribution in [2.45, 2.75) is 0 Å². The SMILES string of the molecule is Oc1csc(-c2cccc(Br)c2)n1. The number of halogens is 1. The van der Waals surface area contributed by atoms with Crippen molar-refractivity contribution in [3.05, 3.63) is 34.1 Å². The van der Waals surface area contributed by atoms with E-state index in [4.69, 9.17) is 5.11 Å². The van der Waals surface area contributed by atoms with E-state index in [1.165, 1.54) is 11.3 Å². The topological polar surface area (TPSA) is 33.1 Å². The Morgan fingerprint density at radius 1 is 1.38 bits per heavy atom. The van der Waals surface area contributed by atoms with E-state index in [0.717, 1.165) is 15.0 Å². The lowest BCUT2D eigenvalue weighted by atomic mass is 10.2. The number of aromatic nitrogens is 1. The summed E-state index contributed by atoms with van der Waals surface area (Å²) < 4.78 is 1.01. The number of hydrogen-bond donors (Lipinski definition) is 1. The molecule has 1 N–H and O–H groups in total. The molecule has 13 heavy (non-hydrogen) atoms. The molecule has 0 atom stereocenters. The van der Waals surface area contributed by atoms with Crippen molar-refractivity contribution in [3.63, 3.8) is 0 Å². The van der Waals surface area contributed by atoms with Gasteiger partial charge in [0.1, 0.15) is 5.01 Å². The van der Waals surface area contributed by atoms with Crippen molar-refractivity contribution < 1.29 is 5.11 Å². The summed E-state index contributed by atoms with van der Waals surface area (Å²) in [6, 6.07) is 7.83. The molecule has 0 radical (unpaired) electrons. The lowest BCUT2D eigenvalue weighted by molar-refractivity contribution is 0.458. The van der Waals surface area contributed by atoms with E-state index in [9.17, 15) is 0 Å². The molecule has 0 saturated heterocycles. The maximum Gasteiger partial charge on any atom is 0.222 e. The van der Waals surface area contributed by atoms with Gasteiger partial charge in [-0.1, -0.05) is 28.1 Å². The highest BCUT2D eigenvalue weighted by atomic mass is 79.9. The monoisotopic (exact) mass is 255 g/mol. The standard InChI is InChI=1S/C9H6BrNOS/c10-7-3-1-2-6(4-7)9-11-8(12)5-13-9/h1-5,12H. The van der Waals surface area contributed by atoms with Crippen LogP contribution in [0.5, 0.6) is 5.88 Å². The lowest BCUT2D eigenvalue weighted by Gasteiger charge is -1.95. The van der Waals surface area contributed by atoms with Crippen LogP contribution in [0, 0.1) is 0 Å². The molecule has 2 rings (SSSR count). The van der Waals surface area contributed by atoms with Crippen molar-refractivity contribution in [3.8, 4) is 16.5 Å². The Hall–Kier alpha value is -0.870. The third-order valence-electron chi connectivity index (χ3n) is 1.56. The van der Waals surface area contributed by atoms with Crippen LogP contribution < -0.4 is 0 Å². The summed E-state index contributed by atoms with van der Waals surface area (Å²) in [5.74, 6) is 0.0833. The van der Waals surface area contributed by atoms with E-state index < -0.39 is 0 Å². The lowest BCUT2D eigenvalue weighted by Crippen LogP contribution is -1.74. The van der Waals surface area contributed by atoms with Crippen molar-refractivity contribution in [2.24, 2.45) is 0 Å². The molecule has 0 amide bonds. The van der Waals surface area contributed by atoms with Crippen LogP contribution in [-0.2, 0) is 0 Å². The molecule has 2 aromatic rings. The fraction of sp³-hybridized carbons (Fsp3) is 0. The Labute approximate surface area is 88.0 Å². The first-order valence-corrected chi connectivity index (χ1v) is 5.33. The summed E-state index contributed by atoms with van der Waals surface area (Å²) in [6.45, 7) is 0. The van der Waals surface area contributed by atoms with Gasteiger partial charge in [-0.3, -0.25) is 0 Å². The summed E-state index contributed by atoms with van der Waals surface area (Å²) in [4.78, 5) is 3.98. The molecular formula is C9H6BrNOS. The number of rotatable bonds is 1. The minimum absolute atomic E-state index is 0.0833. The number of thiazole rings is 1. The second-order valence-corrected chi connectivity index (χ2v) is 4.29. The molecule has 4 heteroatoms. The zero-order valence-corrected chi connectivity index (χ0v) is 8.97. The van der Waals surface area contributed by atoms with Crippen LogP contribution >= 0.6 is 27.3 Å². The fourth-order valence-electron chi connectivity index (χ4n) is 1.02. The summed E-state index contributed by atoms with van der Waals surface area (Å²) in [6.07, 6.45) is 0. The second kappa shape index (κ2) is 3.47. The van der Waals surface area contributed by atoms with Gasteiger partial charge in [-0.05, 0) is 12.1 Å². The Kier molecular flexibility index (Phi) is 2.33. The maximum absolute atomic E-state index is 9.07. The molecular weight excluding hydrogens is 250 g/mol. The minimum Gasteiger partial charge on any atom is -0.493 e. The van der Waals surface area contributed by atoms with E-state index in [0.29, 0.717) is 0 Å². The zero-order valence-electron chi connectivity index (χ0n) is 6.57. The van der Waals surface area contributed by atoms with Gasteiger partial charge in [0, 0.05) is 10.0 Å². The summed E-state index contributed by atoms with van der Waals surface area (Å²) in [5, 5.41) is 11.5. The van der Waals surface area contributed by atoms with E-state index in [-0.39, 0.29) is 5.88 Å². The average molecular weight is 256 g/mol. The molecule has 1 aromatic heterocycles. The highest BCUT2D eigenvalue weighted by Crippen LogP contribution is 2.27. The van der Waals surface area contributed by atoms with Crippen molar-refractivity contribution in [1.82, 2.24) is 4.98 Å². The highest BCUT2D eigenvalue weighted by molar-refractivity contribution is 9.10. The molecule has 0 saturated carbocycles. The fourth-order valence-corrected chi connectivity index (χ4v) is 2.10. The van der Waals surface area contributed by atoms with E-state index in [1.54, 1.807) is 5.38 Å². The van der Waals surface area contributed by atoms with Gasteiger partial charge in [-0.2, -0.15) is 0 Å². The van der Waals surface area contributed by atoms with Gasteiger partial charge in [-0.25, -0.2) is 4.98 Å². The average Bonchev–Trinajstić information content (AvgIpc) is 2.52. The maximum atomic E-state index is 9.07. The van der Waals surface area contributed by atoms with Crippen LogP contribution in [0.1, 0.15) is 0 Å². The van der Waals surface area contributed by atoms with Crippen LogP contribution in [0.25, 0.3) is 10.6 Å². The molecule has 0 unspecified atom stereocenters. The molecule has 0 aliphatic heterocycles. The molecule has 0 aliphatic carbocycles. The first-order chi connectivity index (χ1) is 6.25. The normalized spacial score (nSPS) is 10.2. The first-order valence-electron chi connectivity index (χ1n) is 3.66. The van der Waals surface area contributed by atoms with Crippen molar-refractivity contribution in [2.75, 3.05) is 0 Å².